The lowest BCUT2D eigenvalue weighted by molar-refractivity contribution is 1.02. The van der Waals surface area contributed by atoms with Crippen molar-refractivity contribution in [3.05, 3.63) is 12.2 Å². The Morgan fingerprint density at radius 3 is 2.78 bits per heavy atom. The molecular formula is C6H13N3. The number of hydrogen-bond acceptors (Lipinski definition) is 2. The van der Waals surface area contributed by atoms with Crippen LogP contribution in [-0.2, 0) is 0 Å². The van der Waals surface area contributed by atoms with Crippen molar-refractivity contribution in [1.29, 1.82) is 0 Å². The third-order valence-electron chi connectivity index (χ3n) is 0.900. The van der Waals surface area contributed by atoms with Crippen molar-refractivity contribution < 1.29 is 0 Å². The van der Waals surface area contributed by atoms with Crippen molar-refractivity contribution in [3.8, 4) is 0 Å². The van der Waals surface area contributed by atoms with Crippen molar-refractivity contribution in [2.75, 3.05) is 7.05 Å². The Kier molecular flexibility index (Phi) is 4.82. The highest BCUT2D eigenvalue weighted by molar-refractivity contribution is 5.92. The van der Waals surface area contributed by atoms with Gasteiger partial charge in [0.2, 0.25) is 0 Å². The average Bonchev–Trinajstić information content (AvgIpc) is 1.91. The first-order chi connectivity index (χ1) is 4.35. The molecule has 0 aromatic heterocycles. The molecule has 52 valence electrons. The summed E-state index contributed by atoms with van der Waals surface area (Å²) in [6, 6.07) is 0. The Hall–Kier alpha value is -0.830. The molecule has 0 aromatic carbocycles. The van der Waals surface area contributed by atoms with Crippen LogP contribution in [0.4, 0.5) is 0 Å². The van der Waals surface area contributed by atoms with Gasteiger partial charge in [0.1, 0.15) is 5.84 Å². The molecule has 3 N–H and O–H groups in total. The molecule has 0 saturated heterocycles. The summed E-state index contributed by atoms with van der Waals surface area (Å²) in [6.07, 6.45) is 4.84. The van der Waals surface area contributed by atoms with Crippen molar-refractivity contribution in [1.82, 2.24) is 5.43 Å². The number of nitrogens with two attached hydrogens (primary N) is 1. The first kappa shape index (κ1) is 8.17. The van der Waals surface area contributed by atoms with Crippen LogP contribution in [0.25, 0.3) is 0 Å². The standard InChI is InChI=1S/C6H13N3/c1-3-4-5-6(8-2)9-7/h4-5H,3,7H2,1-2H3,(H,8,9)/b5-4-. The van der Waals surface area contributed by atoms with E-state index >= 15 is 0 Å². The summed E-state index contributed by atoms with van der Waals surface area (Å²) in [6.45, 7) is 2.06. The number of hydrogen-bond donors (Lipinski definition) is 2. The topological polar surface area (TPSA) is 50.4 Å². The van der Waals surface area contributed by atoms with Gasteiger partial charge in [-0.15, -0.1) is 0 Å². The molecule has 0 radical (unpaired) electrons. The van der Waals surface area contributed by atoms with Crippen LogP contribution in [0.3, 0.4) is 0 Å². The summed E-state index contributed by atoms with van der Waals surface area (Å²) in [4.78, 5) is 3.84. The molecule has 0 heterocycles. The Morgan fingerprint density at radius 2 is 2.44 bits per heavy atom. The van der Waals surface area contributed by atoms with Crippen LogP contribution in [0.15, 0.2) is 17.1 Å². The molecule has 0 aliphatic heterocycles. The molecule has 0 fully saturated rings. The van der Waals surface area contributed by atoms with Gasteiger partial charge in [0.15, 0.2) is 0 Å². The van der Waals surface area contributed by atoms with Gasteiger partial charge in [0, 0.05) is 7.05 Å². The normalized spacial score (nSPS) is 12.6. The zero-order valence-corrected chi connectivity index (χ0v) is 5.89. The van der Waals surface area contributed by atoms with E-state index in [0.717, 1.165) is 6.42 Å². The van der Waals surface area contributed by atoms with Gasteiger partial charge in [-0.2, -0.15) is 0 Å². The lowest BCUT2D eigenvalue weighted by Gasteiger charge is -1.94. The van der Waals surface area contributed by atoms with Crippen LogP contribution in [0.2, 0.25) is 0 Å². The van der Waals surface area contributed by atoms with Gasteiger partial charge in [-0.1, -0.05) is 13.0 Å². The molecule has 0 atom stereocenters. The fourth-order valence-corrected chi connectivity index (χ4v) is 0.417. The van der Waals surface area contributed by atoms with Gasteiger partial charge >= 0.3 is 0 Å². The molecular weight excluding hydrogens is 114 g/mol. The first-order valence-corrected chi connectivity index (χ1v) is 2.95. The van der Waals surface area contributed by atoms with Gasteiger partial charge in [-0.3, -0.25) is 4.99 Å². The maximum Gasteiger partial charge on any atom is 0.134 e. The van der Waals surface area contributed by atoms with Gasteiger partial charge in [0.25, 0.3) is 0 Å². The molecule has 0 aliphatic carbocycles. The average molecular weight is 127 g/mol. The summed E-state index contributed by atoms with van der Waals surface area (Å²) >= 11 is 0. The summed E-state index contributed by atoms with van der Waals surface area (Å²) in [5.41, 5.74) is 2.45. The van der Waals surface area contributed by atoms with Crippen LogP contribution in [0.5, 0.6) is 0 Å². The first-order valence-electron chi connectivity index (χ1n) is 2.95. The quantitative estimate of drug-likeness (QED) is 0.245. The number of hydrazine groups is 1. The summed E-state index contributed by atoms with van der Waals surface area (Å²) < 4.78 is 0. The highest BCUT2D eigenvalue weighted by atomic mass is 15.2. The molecule has 0 aromatic rings. The van der Waals surface area contributed by atoms with Crippen molar-refractivity contribution in [3.63, 3.8) is 0 Å². The predicted molar refractivity (Wildman–Crippen MR) is 40.1 cm³/mol. The second-order valence-electron chi connectivity index (χ2n) is 1.56. The molecule has 0 spiro atoms. The fraction of sp³-hybridized carbons (Fsp3) is 0.500. The van der Waals surface area contributed by atoms with E-state index in [0.29, 0.717) is 5.84 Å². The Morgan fingerprint density at radius 1 is 1.78 bits per heavy atom. The van der Waals surface area contributed by atoms with Gasteiger partial charge in [0.05, 0.1) is 0 Å². The van der Waals surface area contributed by atoms with E-state index in [2.05, 4.69) is 17.3 Å². The number of amidine groups is 1. The molecule has 0 unspecified atom stereocenters. The van der Waals surface area contributed by atoms with E-state index in [4.69, 9.17) is 5.84 Å². The van der Waals surface area contributed by atoms with Gasteiger partial charge < -0.3 is 5.43 Å². The molecule has 0 aliphatic rings. The van der Waals surface area contributed by atoms with Crippen molar-refractivity contribution in [2.24, 2.45) is 10.8 Å². The van der Waals surface area contributed by atoms with Crippen LogP contribution in [-0.4, -0.2) is 12.9 Å². The number of nitrogens with one attached hydrogen (secondary N) is 1. The molecule has 0 amide bonds. The smallest absolute Gasteiger partial charge is 0.134 e. The fourth-order valence-electron chi connectivity index (χ4n) is 0.417. The van der Waals surface area contributed by atoms with Crippen LogP contribution < -0.4 is 11.3 Å². The van der Waals surface area contributed by atoms with E-state index in [-0.39, 0.29) is 0 Å². The third kappa shape index (κ3) is 3.73. The molecule has 0 rings (SSSR count). The Labute approximate surface area is 55.6 Å². The largest absolute Gasteiger partial charge is 0.309 e. The van der Waals surface area contributed by atoms with E-state index in [1.807, 2.05) is 12.2 Å². The molecule has 3 nitrogen and oxygen atoms in total. The minimum Gasteiger partial charge on any atom is -0.309 e. The Bertz CT molecular complexity index is 115. The second kappa shape index (κ2) is 5.31. The summed E-state index contributed by atoms with van der Waals surface area (Å²) in [5, 5.41) is 0. The zero-order valence-electron chi connectivity index (χ0n) is 5.89. The second-order valence-corrected chi connectivity index (χ2v) is 1.56. The highest BCUT2D eigenvalue weighted by Gasteiger charge is 1.81. The highest BCUT2D eigenvalue weighted by Crippen LogP contribution is 1.79. The molecule has 3 heteroatoms. The minimum atomic E-state index is 0.705. The van der Waals surface area contributed by atoms with Crippen LogP contribution >= 0.6 is 0 Å². The molecule has 0 saturated carbocycles. The third-order valence-corrected chi connectivity index (χ3v) is 0.900. The molecule has 9 heavy (non-hydrogen) atoms. The SMILES string of the molecule is CC/C=C\C(=NC)NN. The van der Waals surface area contributed by atoms with Crippen LogP contribution in [0.1, 0.15) is 13.3 Å². The molecule has 0 bridgehead atoms. The number of allylic oxidation sites excluding steroid dienone is 1. The predicted octanol–water partition coefficient (Wildman–Crippen LogP) is 0.444. The number of aliphatic imine (C=N–C) groups is 1. The van der Waals surface area contributed by atoms with Crippen LogP contribution in [0, 0.1) is 0 Å². The number of rotatable bonds is 2. The van der Waals surface area contributed by atoms with E-state index < -0.39 is 0 Å². The number of nitrogens with zero attached hydrogens (tertiary/aromatic N) is 1. The van der Waals surface area contributed by atoms with E-state index in [9.17, 15) is 0 Å². The zero-order chi connectivity index (χ0) is 7.11. The Balaban J connectivity index is 3.70. The van der Waals surface area contributed by atoms with Crippen molar-refractivity contribution in [2.45, 2.75) is 13.3 Å². The monoisotopic (exact) mass is 127 g/mol. The van der Waals surface area contributed by atoms with E-state index in [1.165, 1.54) is 0 Å². The van der Waals surface area contributed by atoms with Crippen molar-refractivity contribution >= 4 is 5.84 Å². The lowest BCUT2D eigenvalue weighted by atomic mass is 10.4. The van der Waals surface area contributed by atoms with Gasteiger partial charge in [-0.25, -0.2) is 5.84 Å². The van der Waals surface area contributed by atoms with Gasteiger partial charge in [-0.05, 0) is 12.5 Å². The lowest BCUT2D eigenvalue weighted by Crippen LogP contribution is -2.28. The minimum absolute atomic E-state index is 0.705. The summed E-state index contributed by atoms with van der Waals surface area (Å²) in [7, 11) is 1.69. The summed E-state index contributed by atoms with van der Waals surface area (Å²) in [5.74, 6) is 5.80. The van der Waals surface area contributed by atoms with E-state index in [1.54, 1.807) is 7.05 Å². The maximum absolute atomic E-state index is 5.09. The maximum atomic E-state index is 5.09.